The number of aromatic nitrogens is 5. The number of rotatable bonds is 4. The zero-order valence-electron chi connectivity index (χ0n) is 14.8. The van der Waals surface area contributed by atoms with E-state index in [1.165, 1.54) is 10.4 Å². The van der Waals surface area contributed by atoms with Crippen LogP contribution in [0, 0.1) is 5.82 Å². The van der Waals surface area contributed by atoms with Crippen molar-refractivity contribution in [3.63, 3.8) is 0 Å². The molecule has 1 aliphatic rings. The van der Waals surface area contributed by atoms with Crippen molar-refractivity contribution >= 4 is 28.2 Å². The fourth-order valence-corrected chi connectivity index (χ4v) is 4.22. The van der Waals surface area contributed by atoms with Crippen molar-refractivity contribution in [2.75, 3.05) is 16.8 Å². The summed E-state index contributed by atoms with van der Waals surface area (Å²) in [5.41, 5.74) is 3.14. The van der Waals surface area contributed by atoms with Crippen molar-refractivity contribution in [3.8, 4) is 11.3 Å². The third-order valence-electron chi connectivity index (χ3n) is 4.55. The van der Waals surface area contributed by atoms with Crippen LogP contribution in [-0.4, -0.2) is 31.7 Å². The van der Waals surface area contributed by atoms with Crippen molar-refractivity contribution in [1.29, 1.82) is 0 Å². The maximum atomic E-state index is 13.0. The van der Waals surface area contributed by atoms with Gasteiger partial charge in [0.1, 0.15) is 5.82 Å². The molecule has 7 nitrogen and oxygen atoms in total. The summed E-state index contributed by atoms with van der Waals surface area (Å²) in [6, 6.07) is 10.4. The minimum Gasteiger partial charge on any atom is -0.352 e. The summed E-state index contributed by atoms with van der Waals surface area (Å²) in [4.78, 5) is 16.1. The molecule has 4 aromatic rings. The summed E-state index contributed by atoms with van der Waals surface area (Å²) in [6.45, 7) is 1.66. The van der Waals surface area contributed by atoms with Gasteiger partial charge in [0.25, 0.3) is 0 Å². The molecule has 0 saturated heterocycles. The maximum absolute atomic E-state index is 13.0. The van der Waals surface area contributed by atoms with Crippen molar-refractivity contribution < 1.29 is 4.39 Å². The molecule has 1 aliphatic heterocycles. The number of hydrogen-bond acceptors (Lipinski definition) is 7. The number of halogens is 1. The molecular weight excluding hydrogens is 377 g/mol. The Hall–Kier alpha value is -3.33. The van der Waals surface area contributed by atoms with Gasteiger partial charge in [0, 0.05) is 24.4 Å². The second-order valence-corrected chi connectivity index (χ2v) is 7.51. The highest BCUT2D eigenvalue weighted by Gasteiger charge is 2.25. The van der Waals surface area contributed by atoms with Gasteiger partial charge in [0.15, 0.2) is 10.9 Å². The third-order valence-corrected chi connectivity index (χ3v) is 5.58. The lowest BCUT2D eigenvalue weighted by Gasteiger charge is -2.22. The van der Waals surface area contributed by atoms with E-state index in [4.69, 9.17) is 4.98 Å². The average Bonchev–Trinajstić information content (AvgIpc) is 3.32. The summed E-state index contributed by atoms with van der Waals surface area (Å²) in [7, 11) is 0. The lowest BCUT2D eigenvalue weighted by molar-refractivity contribution is 0.614. The van der Waals surface area contributed by atoms with E-state index in [1.54, 1.807) is 11.3 Å². The molecule has 0 saturated carbocycles. The smallest absolute Gasteiger partial charge is 0.229 e. The van der Waals surface area contributed by atoms with E-state index in [1.807, 2.05) is 12.3 Å². The molecular formula is C19H16FN7S. The van der Waals surface area contributed by atoms with Crippen molar-refractivity contribution in [3.05, 3.63) is 65.2 Å². The standard InChI is InChI=1S/C19H16FN7S/c20-13-8-21-18(22-9-13)25-19-24-16-14-10-23-26-17(14)27(7-6-15(16)28-19)11-12-4-2-1-3-5-12/h1-5,8-10H,6-7,11H2,(H,23,26)(H,21,22,24,25). The minimum absolute atomic E-state index is 0.323. The van der Waals surface area contributed by atoms with Gasteiger partial charge in [-0.3, -0.25) is 5.10 Å². The molecule has 0 unspecified atom stereocenters. The Morgan fingerprint density at radius 3 is 2.79 bits per heavy atom. The van der Waals surface area contributed by atoms with Crippen LogP contribution in [0.5, 0.6) is 0 Å². The normalized spacial score (nSPS) is 13.0. The Balaban J connectivity index is 1.44. The number of benzene rings is 1. The maximum Gasteiger partial charge on any atom is 0.229 e. The molecule has 140 valence electrons. The average molecular weight is 393 g/mol. The number of anilines is 3. The van der Waals surface area contributed by atoms with Crippen LogP contribution in [0.25, 0.3) is 11.3 Å². The predicted molar refractivity (Wildman–Crippen MR) is 106 cm³/mol. The van der Waals surface area contributed by atoms with Gasteiger partial charge in [-0.2, -0.15) is 5.10 Å². The Kier molecular flexibility index (Phi) is 4.21. The highest BCUT2D eigenvalue weighted by Crippen LogP contribution is 2.39. The van der Waals surface area contributed by atoms with Gasteiger partial charge < -0.3 is 10.2 Å². The highest BCUT2D eigenvalue weighted by molar-refractivity contribution is 7.16. The molecule has 0 aliphatic carbocycles. The topological polar surface area (TPSA) is 82.6 Å². The number of H-pyrrole nitrogens is 1. The highest BCUT2D eigenvalue weighted by atomic mass is 32.1. The van der Waals surface area contributed by atoms with E-state index in [9.17, 15) is 4.39 Å². The van der Waals surface area contributed by atoms with Crippen LogP contribution < -0.4 is 10.2 Å². The summed E-state index contributed by atoms with van der Waals surface area (Å²) in [5, 5.41) is 11.1. The molecule has 0 fully saturated rings. The van der Waals surface area contributed by atoms with Crippen LogP contribution in [0.4, 0.5) is 21.3 Å². The summed E-state index contributed by atoms with van der Waals surface area (Å²) in [6.07, 6.45) is 4.94. The van der Waals surface area contributed by atoms with Crippen LogP contribution in [0.1, 0.15) is 10.4 Å². The van der Waals surface area contributed by atoms with Gasteiger partial charge in [0.05, 0.1) is 29.8 Å². The van der Waals surface area contributed by atoms with E-state index in [0.717, 1.165) is 49.0 Å². The Morgan fingerprint density at radius 1 is 1.14 bits per heavy atom. The van der Waals surface area contributed by atoms with Gasteiger partial charge in [-0.25, -0.2) is 19.3 Å². The number of thiazole rings is 1. The van der Waals surface area contributed by atoms with Gasteiger partial charge in [0.2, 0.25) is 5.95 Å². The summed E-state index contributed by atoms with van der Waals surface area (Å²) >= 11 is 1.56. The van der Waals surface area contributed by atoms with E-state index in [-0.39, 0.29) is 0 Å². The summed E-state index contributed by atoms with van der Waals surface area (Å²) in [5.74, 6) is 0.822. The van der Waals surface area contributed by atoms with Crippen LogP contribution >= 0.6 is 11.3 Å². The number of fused-ring (bicyclic) bond motifs is 3. The number of nitrogens with zero attached hydrogens (tertiary/aromatic N) is 5. The van der Waals surface area contributed by atoms with E-state index < -0.39 is 5.82 Å². The van der Waals surface area contributed by atoms with Crippen LogP contribution in [0.2, 0.25) is 0 Å². The lowest BCUT2D eigenvalue weighted by Crippen LogP contribution is -2.24. The first kappa shape index (κ1) is 16.8. The zero-order chi connectivity index (χ0) is 18.9. The molecule has 3 aromatic heterocycles. The van der Waals surface area contributed by atoms with E-state index in [0.29, 0.717) is 11.1 Å². The first-order valence-electron chi connectivity index (χ1n) is 8.83. The number of nitrogens with one attached hydrogen (secondary N) is 2. The molecule has 0 atom stereocenters. The Labute approximate surface area is 164 Å². The predicted octanol–water partition coefficient (Wildman–Crippen LogP) is 3.77. The largest absolute Gasteiger partial charge is 0.352 e. The van der Waals surface area contributed by atoms with Gasteiger partial charge in [-0.15, -0.1) is 11.3 Å². The molecule has 5 rings (SSSR count). The monoisotopic (exact) mass is 393 g/mol. The van der Waals surface area contributed by atoms with E-state index >= 15 is 0 Å². The fourth-order valence-electron chi connectivity index (χ4n) is 3.26. The molecule has 9 heteroatoms. The van der Waals surface area contributed by atoms with Crippen LogP contribution in [0.15, 0.2) is 48.9 Å². The molecule has 2 N–H and O–H groups in total. The minimum atomic E-state index is -0.470. The zero-order valence-corrected chi connectivity index (χ0v) is 15.6. The molecule has 0 spiro atoms. The molecule has 4 heterocycles. The molecule has 28 heavy (non-hydrogen) atoms. The second-order valence-electron chi connectivity index (χ2n) is 6.43. The molecule has 0 amide bonds. The van der Waals surface area contributed by atoms with Gasteiger partial charge in [-0.05, 0) is 5.56 Å². The van der Waals surface area contributed by atoms with E-state index in [2.05, 4.69) is 54.6 Å². The van der Waals surface area contributed by atoms with Crippen molar-refractivity contribution in [2.45, 2.75) is 13.0 Å². The number of hydrogen-bond donors (Lipinski definition) is 2. The molecule has 0 radical (unpaired) electrons. The summed E-state index contributed by atoms with van der Waals surface area (Å²) < 4.78 is 13.0. The fraction of sp³-hybridized carbons (Fsp3) is 0.158. The number of aromatic amines is 1. The first-order valence-corrected chi connectivity index (χ1v) is 9.65. The van der Waals surface area contributed by atoms with Crippen molar-refractivity contribution in [2.24, 2.45) is 0 Å². The Morgan fingerprint density at radius 2 is 1.96 bits per heavy atom. The SMILES string of the molecule is Fc1cnc(Nc2nc3c(s2)CCN(Cc2ccccc2)c2[nH]ncc2-3)nc1. The molecule has 1 aromatic carbocycles. The second kappa shape index (κ2) is 7.01. The Bertz CT molecular complexity index is 1090. The van der Waals surface area contributed by atoms with Gasteiger partial charge in [-0.1, -0.05) is 30.3 Å². The lowest BCUT2D eigenvalue weighted by atomic mass is 10.2. The molecule has 0 bridgehead atoms. The first-order chi connectivity index (χ1) is 13.8. The van der Waals surface area contributed by atoms with Crippen LogP contribution in [0.3, 0.4) is 0 Å². The third kappa shape index (κ3) is 3.20. The van der Waals surface area contributed by atoms with Crippen molar-refractivity contribution in [1.82, 2.24) is 25.1 Å². The van der Waals surface area contributed by atoms with Crippen LogP contribution in [-0.2, 0) is 13.0 Å². The quantitative estimate of drug-likeness (QED) is 0.549. The van der Waals surface area contributed by atoms with Gasteiger partial charge >= 0.3 is 0 Å².